The predicted octanol–water partition coefficient (Wildman–Crippen LogP) is 2.09. The Hall–Kier alpha value is -1.76. The summed E-state index contributed by atoms with van der Waals surface area (Å²) in [5.41, 5.74) is 5.29. The first-order chi connectivity index (χ1) is 10.4. The summed E-state index contributed by atoms with van der Waals surface area (Å²) < 4.78 is 37.6. The normalized spacial score (nSPS) is 16.8. The van der Waals surface area contributed by atoms with Gasteiger partial charge in [0.2, 0.25) is 5.91 Å². The van der Waals surface area contributed by atoms with Crippen molar-refractivity contribution in [2.75, 3.05) is 37.6 Å². The molecule has 0 unspecified atom stereocenters. The first kappa shape index (κ1) is 16.6. The van der Waals surface area contributed by atoms with Crippen molar-refractivity contribution in [3.8, 4) is 0 Å². The predicted molar refractivity (Wildman–Crippen MR) is 78.5 cm³/mol. The fourth-order valence-electron chi connectivity index (χ4n) is 2.57. The molecule has 1 aromatic carbocycles. The minimum absolute atomic E-state index is 0.289. The molecule has 0 atom stereocenters. The molecule has 1 amide bonds. The molecule has 122 valence electrons. The zero-order valence-corrected chi connectivity index (χ0v) is 12.3. The van der Waals surface area contributed by atoms with Crippen LogP contribution in [-0.2, 0) is 11.0 Å². The van der Waals surface area contributed by atoms with E-state index in [0.29, 0.717) is 6.42 Å². The Balaban J connectivity index is 1.82. The quantitative estimate of drug-likeness (QED) is 0.905. The van der Waals surface area contributed by atoms with Crippen LogP contribution in [0.5, 0.6) is 0 Å². The van der Waals surface area contributed by atoms with Gasteiger partial charge >= 0.3 is 6.18 Å². The smallest absolute Gasteiger partial charge is 0.370 e. The number of hydrogen-bond acceptors (Lipinski definition) is 3. The lowest BCUT2D eigenvalue weighted by molar-refractivity contribution is -0.137. The maximum atomic E-state index is 12.5. The summed E-state index contributed by atoms with van der Waals surface area (Å²) in [4.78, 5) is 15.0. The summed E-state index contributed by atoms with van der Waals surface area (Å²) in [5, 5.41) is 0. The van der Waals surface area contributed by atoms with Crippen molar-refractivity contribution in [3.63, 3.8) is 0 Å². The van der Waals surface area contributed by atoms with Gasteiger partial charge in [0.15, 0.2) is 0 Å². The number of alkyl halides is 3. The van der Waals surface area contributed by atoms with E-state index in [1.165, 1.54) is 12.1 Å². The van der Waals surface area contributed by atoms with Crippen molar-refractivity contribution in [2.45, 2.75) is 19.0 Å². The van der Waals surface area contributed by atoms with Crippen molar-refractivity contribution >= 4 is 11.6 Å². The van der Waals surface area contributed by atoms with Crippen molar-refractivity contribution < 1.29 is 18.0 Å². The van der Waals surface area contributed by atoms with Crippen LogP contribution in [-0.4, -0.2) is 43.5 Å². The van der Waals surface area contributed by atoms with Gasteiger partial charge in [-0.05, 0) is 37.2 Å². The number of benzene rings is 1. The van der Waals surface area contributed by atoms with E-state index >= 15 is 0 Å². The summed E-state index contributed by atoms with van der Waals surface area (Å²) in [5.74, 6) is -0.289. The van der Waals surface area contributed by atoms with Crippen LogP contribution in [0.25, 0.3) is 0 Å². The van der Waals surface area contributed by atoms with Crippen LogP contribution in [0.2, 0.25) is 0 Å². The number of amides is 1. The number of anilines is 1. The van der Waals surface area contributed by atoms with E-state index in [1.807, 2.05) is 0 Å². The fraction of sp³-hybridized carbons (Fsp3) is 0.533. The maximum absolute atomic E-state index is 12.5. The molecule has 1 saturated heterocycles. The molecule has 1 aromatic rings. The van der Waals surface area contributed by atoms with E-state index in [1.54, 1.807) is 0 Å². The number of nitrogens with zero attached hydrogens (tertiary/aromatic N) is 2. The van der Waals surface area contributed by atoms with E-state index in [2.05, 4.69) is 9.80 Å². The summed E-state index contributed by atoms with van der Waals surface area (Å²) in [6, 6.07) is 5.28. The Kier molecular flexibility index (Phi) is 5.28. The highest BCUT2D eigenvalue weighted by molar-refractivity contribution is 5.73. The number of piperazine rings is 1. The largest absolute Gasteiger partial charge is 0.416 e. The topological polar surface area (TPSA) is 49.6 Å². The van der Waals surface area contributed by atoms with Gasteiger partial charge in [-0.15, -0.1) is 0 Å². The lowest BCUT2D eigenvalue weighted by atomic mass is 10.1. The van der Waals surface area contributed by atoms with Crippen molar-refractivity contribution in [1.82, 2.24) is 4.90 Å². The van der Waals surface area contributed by atoms with Gasteiger partial charge < -0.3 is 10.6 Å². The minimum atomic E-state index is -4.29. The highest BCUT2D eigenvalue weighted by atomic mass is 19.4. The molecule has 0 spiro atoms. The average Bonchev–Trinajstić information content (AvgIpc) is 2.47. The van der Waals surface area contributed by atoms with Crippen LogP contribution in [0, 0.1) is 0 Å². The molecular formula is C15H20F3N3O. The Bertz CT molecular complexity index is 494. The monoisotopic (exact) mass is 315 g/mol. The van der Waals surface area contributed by atoms with Crippen molar-refractivity contribution in [1.29, 1.82) is 0 Å². The Morgan fingerprint density at radius 1 is 1.09 bits per heavy atom. The molecule has 22 heavy (non-hydrogen) atoms. The summed E-state index contributed by atoms with van der Waals surface area (Å²) >= 11 is 0. The summed E-state index contributed by atoms with van der Waals surface area (Å²) in [6.45, 7) is 4.02. The Labute approximate surface area is 127 Å². The van der Waals surface area contributed by atoms with Crippen LogP contribution in [0.4, 0.5) is 18.9 Å². The van der Waals surface area contributed by atoms with Gasteiger partial charge in [0.05, 0.1) is 5.56 Å². The molecule has 0 aromatic heterocycles. The first-order valence-corrected chi connectivity index (χ1v) is 7.29. The Morgan fingerprint density at radius 3 is 2.18 bits per heavy atom. The summed E-state index contributed by atoms with van der Waals surface area (Å²) in [6.07, 6.45) is -3.16. The number of hydrogen-bond donors (Lipinski definition) is 1. The Morgan fingerprint density at radius 2 is 1.68 bits per heavy atom. The second kappa shape index (κ2) is 7.00. The molecule has 1 heterocycles. The minimum Gasteiger partial charge on any atom is -0.370 e. The molecule has 0 saturated carbocycles. The SMILES string of the molecule is NC(=O)CCCN1CCN(c2ccc(C(F)(F)F)cc2)CC1. The van der Waals surface area contributed by atoms with E-state index in [4.69, 9.17) is 5.73 Å². The maximum Gasteiger partial charge on any atom is 0.416 e. The fourth-order valence-corrected chi connectivity index (χ4v) is 2.57. The van der Waals surface area contributed by atoms with Crippen LogP contribution in [0.3, 0.4) is 0 Å². The second-order valence-electron chi connectivity index (χ2n) is 5.44. The van der Waals surface area contributed by atoms with Gasteiger partial charge in [0, 0.05) is 38.3 Å². The molecule has 1 aliphatic heterocycles. The number of carbonyl (C=O) groups is 1. The highest BCUT2D eigenvalue weighted by Gasteiger charge is 2.30. The molecule has 4 nitrogen and oxygen atoms in total. The molecule has 1 aliphatic rings. The zero-order valence-electron chi connectivity index (χ0n) is 12.3. The van der Waals surface area contributed by atoms with Gasteiger partial charge in [-0.3, -0.25) is 9.69 Å². The molecule has 0 radical (unpaired) electrons. The van der Waals surface area contributed by atoms with Gasteiger partial charge in [0.25, 0.3) is 0 Å². The van der Waals surface area contributed by atoms with Crippen molar-refractivity contribution in [3.05, 3.63) is 29.8 Å². The third-order valence-corrected chi connectivity index (χ3v) is 3.83. The van der Waals surface area contributed by atoms with Crippen LogP contribution in [0.1, 0.15) is 18.4 Å². The number of carbonyl (C=O) groups excluding carboxylic acids is 1. The highest BCUT2D eigenvalue weighted by Crippen LogP contribution is 2.30. The van der Waals surface area contributed by atoms with Gasteiger partial charge in [-0.1, -0.05) is 0 Å². The molecule has 0 aliphatic carbocycles. The number of halogens is 3. The zero-order chi connectivity index (χ0) is 16.2. The molecule has 0 bridgehead atoms. The average molecular weight is 315 g/mol. The van der Waals surface area contributed by atoms with Gasteiger partial charge in [0.1, 0.15) is 0 Å². The first-order valence-electron chi connectivity index (χ1n) is 7.29. The second-order valence-corrected chi connectivity index (χ2v) is 5.44. The van der Waals surface area contributed by atoms with Crippen LogP contribution in [0.15, 0.2) is 24.3 Å². The number of rotatable bonds is 5. The van der Waals surface area contributed by atoms with Crippen LogP contribution < -0.4 is 10.6 Å². The van der Waals surface area contributed by atoms with Crippen LogP contribution >= 0.6 is 0 Å². The molecule has 2 N–H and O–H groups in total. The molecular weight excluding hydrogens is 295 g/mol. The number of primary amides is 1. The third-order valence-electron chi connectivity index (χ3n) is 3.83. The van der Waals surface area contributed by atoms with E-state index < -0.39 is 11.7 Å². The lowest BCUT2D eigenvalue weighted by Crippen LogP contribution is -2.46. The summed E-state index contributed by atoms with van der Waals surface area (Å²) in [7, 11) is 0. The molecule has 7 heteroatoms. The number of nitrogens with two attached hydrogens (primary N) is 1. The molecule has 1 fully saturated rings. The van der Waals surface area contributed by atoms with E-state index in [0.717, 1.165) is 57.0 Å². The standard InChI is InChI=1S/C15H20F3N3O/c16-15(17,18)12-3-5-13(6-4-12)21-10-8-20(9-11-21)7-1-2-14(19)22/h3-6H,1-2,7-11H2,(H2,19,22). The third kappa shape index (κ3) is 4.62. The van der Waals surface area contributed by atoms with Crippen molar-refractivity contribution in [2.24, 2.45) is 5.73 Å². The van der Waals surface area contributed by atoms with E-state index in [9.17, 15) is 18.0 Å². The lowest BCUT2D eigenvalue weighted by Gasteiger charge is -2.36. The molecule has 2 rings (SSSR count). The van der Waals surface area contributed by atoms with Gasteiger partial charge in [-0.2, -0.15) is 13.2 Å². The van der Waals surface area contributed by atoms with E-state index in [-0.39, 0.29) is 5.91 Å². The van der Waals surface area contributed by atoms with Gasteiger partial charge in [-0.25, -0.2) is 0 Å².